The molecule has 0 aliphatic rings. The first-order valence-electron chi connectivity index (χ1n) is 10.0. The van der Waals surface area contributed by atoms with Crippen LogP contribution in [0.4, 0.5) is 5.82 Å². The van der Waals surface area contributed by atoms with Crippen molar-refractivity contribution in [2.24, 2.45) is 0 Å². The summed E-state index contributed by atoms with van der Waals surface area (Å²) < 4.78 is 5.33. The van der Waals surface area contributed by atoms with E-state index in [2.05, 4.69) is 39.5 Å². The number of amides is 1. The van der Waals surface area contributed by atoms with Crippen molar-refractivity contribution in [1.29, 1.82) is 0 Å². The average Bonchev–Trinajstić information content (AvgIpc) is 3.09. The average molecular weight is 402 g/mol. The maximum atomic E-state index is 12.5. The SMILES string of the molecule is CCCNC(C)C(=O)Nc1ccc(-c2c(C)noc2C)c(C#Cc2ccccc2)n1. The number of aromatic nitrogens is 2. The minimum Gasteiger partial charge on any atom is -0.361 e. The Morgan fingerprint density at radius 3 is 2.57 bits per heavy atom. The summed E-state index contributed by atoms with van der Waals surface area (Å²) in [7, 11) is 0. The Balaban J connectivity index is 1.97. The van der Waals surface area contributed by atoms with Crippen LogP contribution in [-0.4, -0.2) is 28.6 Å². The zero-order valence-electron chi connectivity index (χ0n) is 17.7. The molecule has 30 heavy (non-hydrogen) atoms. The summed E-state index contributed by atoms with van der Waals surface area (Å²) in [5.41, 5.74) is 3.91. The fourth-order valence-corrected chi connectivity index (χ4v) is 3.03. The zero-order chi connectivity index (χ0) is 21.5. The molecule has 2 heterocycles. The fourth-order valence-electron chi connectivity index (χ4n) is 3.03. The molecule has 0 spiro atoms. The molecule has 0 saturated heterocycles. The lowest BCUT2D eigenvalue weighted by Gasteiger charge is -2.14. The third-order valence-corrected chi connectivity index (χ3v) is 4.64. The Labute approximate surface area is 177 Å². The van der Waals surface area contributed by atoms with Gasteiger partial charge in [-0.25, -0.2) is 4.98 Å². The molecular formula is C24H26N4O2. The zero-order valence-corrected chi connectivity index (χ0v) is 17.7. The van der Waals surface area contributed by atoms with Crippen LogP contribution in [-0.2, 0) is 4.79 Å². The van der Waals surface area contributed by atoms with Gasteiger partial charge in [-0.1, -0.05) is 36.2 Å². The van der Waals surface area contributed by atoms with E-state index in [1.54, 1.807) is 6.07 Å². The van der Waals surface area contributed by atoms with Gasteiger partial charge in [0.25, 0.3) is 0 Å². The van der Waals surface area contributed by atoms with Crippen LogP contribution in [0.3, 0.4) is 0 Å². The van der Waals surface area contributed by atoms with Crippen LogP contribution in [0, 0.1) is 25.7 Å². The summed E-state index contributed by atoms with van der Waals surface area (Å²) in [6.45, 7) is 8.42. The third kappa shape index (κ3) is 5.13. The van der Waals surface area contributed by atoms with E-state index in [4.69, 9.17) is 4.52 Å². The summed E-state index contributed by atoms with van der Waals surface area (Å²) >= 11 is 0. The third-order valence-electron chi connectivity index (χ3n) is 4.64. The quantitative estimate of drug-likeness (QED) is 0.608. The van der Waals surface area contributed by atoms with Crippen molar-refractivity contribution < 1.29 is 9.32 Å². The first kappa shape index (κ1) is 21.3. The van der Waals surface area contributed by atoms with Gasteiger partial charge in [0.2, 0.25) is 5.91 Å². The standard InChI is InChI=1S/C24H26N4O2/c1-5-15-25-17(3)24(29)27-22-14-12-20(23-16(2)28-30-18(23)4)21(26-22)13-11-19-9-7-6-8-10-19/h6-10,12,14,17,25H,5,15H2,1-4H3,(H,26,27,29). The van der Waals surface area contributed by atoms with Crippen LogP contribution in [0.1, 0.15) is 43.0 Å². The predicted octanol–water partition coefficient (Wildman–Crippen LogP) is 4.08. The molecule has 0 aliphatic heterocycles. The number of aryl methyl sites for hydroxylation is 2. The van der Waals surface area contributed by atoms with Gasteiger partial charge in [0, 0.05) is 11.1 Å². The molecule has 3 rings (SSSR count). The van der Waals surface area contributed by atoms with Gasteiger partial charge in [-0.15, -0.1) is 0 Å². The first-order valence-corrected chi connectivity index (χ1v) is 10.0. The van der Waals surface area contributed by atoms with Crippen LogP contribution >= 0.6 is 0 Å². The second kappa shape index (κ2) is 9.86. The van der Waals surface area contributed by atoms with Crippen LogP contribution in [0.5, 0.6) is 0 Å². The Morgan fingerprint density at radius 1 is 1.13 bits per heavy atom. The highest BCUT2D eigenvalue weighted by Crippen LogP contribution is 2.29. The van der Waals surface area contributed by atoms with E-state index in [0.29, 0.717) is 17.3 Å². The number of rotatable bonds is 6. The first-order chi connectivity index (χ1) is 14.5. The van der Waals surface area contributed by atoms with E-state index in [1.165, 1.54) is 0 Å². The molecule has 1 aromatic carbocycles. The molecule has 0 aliphatic carbocycles. The Morgan fingerprint density at radius 2 is 1.90 bits per heavy atom. The number of carbonyl (C=O) groups is 1. The predicted molar refractivity (Wildman–Crippen MR) is 118 cm³/mol. The molecule has 6 nitrogen and oxygen atoms in total. The lowest BCUT2D eigenvalue weighted by Crippen LogP contribution is -2.38. The second-order valence-electron chi connectivity index (χ2n) is 7.07. The van der Waals surface area contributed by atoms with Gasteiger partial charge >= 0.3 is 0 Å². The van der Waals surface area contributed by atoms with Crippen molar-refractivity contribution in [2.75, 3.05) is 11.9 Å². The fraction of sp³-hybridized carbons (Fsp3) is 0.292. The molecule has 1 unspecified atom stereocenters. The van der Waals surface area contributed by atoms with Crippen molar-refractivity contribution in [3.63, 3.8) is 0 Å². The summed E-state index contributed by atoms with van der Waals surface area (Å²) in [5.74, 6) is 7.32. The Bertz CT molecular complexity index is 1060. The Kier molecular flexibility index (Phi) is 6.99. The van der Waals surface area contributed by atoms with Gasteiger partial charge in [-0.2, -0.15) is 0 Å². The molecule has 0 fully saturated rings. The molecule has 6 heteroatoms. The van der Waals surface area contributed by atoms with Crippen molar-refractivity contribution in [3.05, 3.63) is 65.2 Å². The van der Waals surface area contributed by atoms with Crippen molar-refractivity contribution in [3.8, 4) is 23.0 Å². The lowest BCUT2D eigenvalue weighted by molar-refractivity contribution is -0.117. The molecular weight excluding hydrogens is 376 g/mol. The normalized spacial score (nSPS) is 11.5. The minimum absolute atomic E-state index is 0.136. The molecule has 154 valence electrons. The van der Waals surface area contributed by atoms with Crippen LogP contribution in [0.15, 0.2) is 47.0 Å². The molecule has 0 radical (unpaired) electrons. The summed E-state index contributed by atoms with van der Waals surface area (Å²) in [6.07, 6.45) is 0.960. The van der Waals surface area contributed by atoms with Crippen LogP contribution < -0.4 is 10.6 Å². The van der Waals surface area contributed by atoms with Crippen LogP contribution in [0.2, 0.25) is 0 Å². The molecule has 0 bridgehead atoms. The van der Waals surface area contributed by atoms with Gasteiger partial charge in [0.1, 0.15) is 17.3 Å². The van der Waals surface area contributed by atoms with E-state index >= 15 is 0 Å². The Hall–Kier alpha value is -3.43. The number of anilines is 1. The number of benzene rings is 1. The van der Waals surface area contributed by atoms with Crippen molar-refractivity contribution in [1.82, 2.24) is 15.5 Å². The van der Waals surface area contributed by atoms with E-state index in [0.717, 1.165) is 35.3 Å². The number of nitrogens with zero attached hydrogens (tertiary/aromatic N) is 2. The van der Waals surface area contributed by atoms with Crippen LogP contribution in [0.25, 0.3) is 11.1 Å². The van der Waals surface area contributed by atoms with Gasteiger partial charge < -0.3 is 15.2 Å². The monoisotopic (exact) mass is 402 g/mol. The van der Waals surface area contributed by atoms with Gasteiger partial charge in [-0.05, 0) is 63.9 Å². The molecule has 0 saturated carbocycles. The molecule has 1 atom stereocenters. The maximum Gasteiger partial charge on any atom is 0.242 e. The van der Waals surface area contributed by atoms with E-state index in [9.17, 15) is 4.79 Å². The van der Waals surface area contributed by atoms with Crippen molar-refractivity contribution in [2.45, 2.75) is 40.2 Å². The van der Waals surface area contributed by atoms with Gasteiger partial charge in [-0.3, -0.25) is 4.79 Å². The minimum atomic E-state index is -0.312. The topological polar surface area (TPSA) is 80.0 Å². The number of carbonyl (C=O) groups excluding carboxylic acids is 1. The highest BCUT2D eigenvalue weighted by molar-refractivity contribution is 5.94. The number of nitrogens with one attached hydrogen (secondary N) is 2. The van der Waals surface area contributed by atoms with E-state index < -0.39 is 0 Å². The second-order valence-corrected chi connectivity index (χ2v) is 7.07. The van der Waals surface area contributed by atoms with E-state index in [-0.39, 0.29) is 11.9 Å². The summed E-state index contributed by atoms with van der Waals surface area (Å²) in [4.78, 5) is 17.1. The number of pyridine rings is 1. The molecule has 3 aromatic rings. The molecule has 2 aromatic heterocycles. The molecule has 1 amide bonds. The number of hydrogen-bond acceptors (Lipinski definition) is 5. The maximum absolute atomic E-state index is 12.5. The van der Waals surface area contributed by atoms with E-state index in [1.807, 2.05) is 57.2 Å². The highest BCUT2D eigenvalue weighted by atomic mass is 16.5. The van der Waals surface area contributed by atoms with Gasteiger partial charge in [0.15, 0.2) is 0 Å². The largest absolute Gasteiger partial charge is 0.361 e. The van der Waals surface area contributed by atoms with Gasteiger partial charge in [0.05, 0.1) is 17.3 Å². The lowest BCUT2D eigenvalue weighted by atomic mass is 10.0. The van der Waals surface area contributed by atoms with Crippen molar-refractivity contribution >= 4 is 11.7 Å². The highest BCUT2D eigenvalue weighted by Gasteiger charge is 2.18. The molecule has 2 N–H and O–H groups in total. The summed E-state index contributed by atoms with van der Waals surface area (Å²) in [6, 6.07) is 13.1. The smallest absolute Gasteiger partial charge is 0.242 e. The number of hydrogen-bond donors (Lipinski definition) is 2. The summed E-state index contributed by atoms with van der Waals surface area (Å²) in [5, 5.41) is 10.1.